The third-order valence-electron chi connectivity index (χ3n) is 5.55. The van der Waals surface area contributed by atoms with E-state index in [0.29, 0.717) is 37.7 Å². The summed E-state index contributed by atoms with van der Waals surface area (Å²) in [7, 11) is 1.45. The summed E-state index contributed by atoms with van der Waals surface area (Å²) in [4.78, 5) is 39.2. The number of barbiturate groups is 1. The first-order chi connectivity index (χ1) is 17.8. The Labute approximate surface area is 223 Å². The molecule has 0 bridgehead atoms. The number of amides is 4. The van der Waals surface area contributed by atoms with E-state index in [1.165, 1.54) is 37.5 Å². The van der Waals surface area contributed by atoms with Crippen molar-refractivity contribution in [3.8, 4) is 23.0 Å². The molecule has 1 saturated heterocycles. The number of hydrogen-bond donors (Lipinski definition) is 1. The largest absolute Gasteiger partial charge is 0.493 e. The van der Waals surface area contributed by atoms with Crippen molar-refractivity contribution in [2.75, 3.05) is 18.8 Å². The number of fused-ring (bicyclic) bond motifs is 1. The van der Waals surface area contributed by atoms with Crippen LogP contribution in [0.2, 0.25) is 0 Å². The molecule has 0 radical (unpaired) electrons. The summed E-state index contributed by atoms with van der Waals surface area (Å²) in [5, 5.41) is 2.19. The lowest BCUT2D eigenvalue weighted by Gasteiger charge is -2.26. The van der Waals surface area contributed by atoms with Gasteiger partial charge in [-0.25, -0.2) is 14.1 Å². The van der Waals surface area contributed by atoms with E-state index in [1.807, 2.05) is 22.6 Å². The maximum absolute atomic E-state index is 13.5. The number of methoxy groups -OCH3 is 1. The quantitative estimate of drug-likeness (QED) is 0.249. The van der Waals surface area contributed by atoms with Gasteiger partial charge in [-0.05, 0) is 76.2 Å². The summed E-state index contributed by atoms with van der Waals surface area (Å²) in [6.07, 6.45) is 1.37. The van der Waals surface area contributed by atoms with Gasteiger partial charge in [0.25, 0.3) is 11.8 Å². The Bertz CT molecular complexity index is 1470. The van der Waals surface area contributed by atoms with Gasteiger partial charge in [0.05, 0.1) is 16.4 Å². The first-order valence-electron chi connectivity index (χ1n) is 10.9. The highest BCUT2D eigenvalue weighted by molar-refractivity contribution is 14.1. The van der Waals surface area contributed by atoms with Crippen LogP contribution in [0.25, 0.3) is 6.08 Å². The van der Waals surface area contributed by atoms with Crippen molar-refractivity contribution in [1.82, 2.24) is 5.32 Å². The summed E-state index contributed by atoms with van der Waals surface area (Å²) >= 11 is 2.04. The number of nitrogens with one attached hydrogen (secondary N) is 1. The summed E-state index contributed by atoms with van der Waals surface area (Å²) in [5.41, 5.74) is 1.08. The van der Waals surface area contributed by atoms with Crippen molar-refractivity contribution in [3.05, 3.63) is 80.7 Å². The van der Waals surface area contributed by atoms with Gasteiger partial charge in [-0.15, -0.1) is 0 Å². The van der Waals surface area contributed by atoms with Crippen molar-refractivity contribution in [2.45, 2.75) is 6.61 Å². The maximum Gasteiger partial charge on any atom is 0.335 e. The van der Waals surface area contributed by atoms with Gasteiger partial charge in [-0.2, -0.15) is 0 Å². The zero-order valence-corrected chi connectivity index (χ0v) is 21.4. The van der Waals surface area contributed by atoms with Crippen molar-refractivity contribution in [2.24, 2.45) is 0 Å². The number of rotatable bonds is 6. The second-order valence-corrected chi connectivity index (χ2v) is 9.11. The van der Waals surface area contributed by atoms with Crippen LogP contribution in [0.3, 0.4) is 0 Å². The third kappa shape index (κ3) is 4.94. The van der Waals surface area contributed by atoms with Crippen LogP contribution in [0, 0.1) is 9.39 Å². The highest BCUT2D eigenvalue weighted by atomic mass is 127. The van der Waals surface area contributed by atoms with Crippen LogP contribution >= 0.6 is 22.6 Å². The molecule has 0 unspecified atom stereocenters. The topological polar surface area (TPSA) is 103 Å². The number of hydrogen-bond acceptors (Lipinski definition) is 7. The summed E-state index contributed by atoms with van der Waals surface area (Å²) in [5.74, 6) is -0.349. The van der Waals surface area contributed by atoms with E-state index in [0.717, 1.165) is 4.90 Å². The number of halogens is 2. The standard InChI is InChI=1S/C26H18FIN2O7/c1-34-22-10-15(9-19(28)23(22)35-12-14-3-2-4-16(27)7-14)8-18-24(31)29-26(33)30(25(18)32)17-5-6-20-21(11-17)37-13-36-20/h2-11H,12-13H2,1H3,(H,29,31,33)/b18-8+. The van der Waals surface area contributed by atoms with Crippen LogP contribution in [0.15, 0.2) is 60.2 Å². The zero-order valence-electron chi connectivity index (χ0n) is 19.2. The predicted octanol–water partition coefficient (Wildman–Crippen LogP) is 4.41. The van der Waals surface area contributed by atoms with Crippen LogP contribution in [-0.2, 0) is 16.2 Å². The number of carbonyl (C=O) groups is 3. The minimum Gasteiger partial charge on any atom is -0.493 e. The molecule has 0 aromatic heterocycles. The molecule has 1 fully saturated rings. The van der Waals surface area contributed by atoms with Gasteiger partial charge in [0.15, 0.2) is 23.0 Å². The van der Waals surface area contributed by atoms with Gasteiger partial charge in [0.1, 0.15) is 18.0 Å². The molecule has 3 aromatic carbocycles. The van der Waals surface area contributed by atoms with Crippen LogP contribution in [0.4, 0.5) is 14.9 Å². The molecule has 37 heavy (non-hydrogen) atoms. The second-order valence-electron chi connectivity index (χ2n) is 7.95. The fraction of sp³-hybridized carbons (Fsp3) is 0.115. The minimum absolute atomic E-state index is 0.0327. The Morgan fingerprint density at radius 2 is 1.89 bits per heavy atom. The third-order valence-corrected chi connectivity index (χ3v) is 6.35. The SMILES string of the molecule is COc1cc(/C=C2\C(=O)NC(=O)N(c3ccc4c(c3)OCO4)C2=O)cc(I)c1OCc1cccc(F)c1. The zero-order chi connectivity index (χ0) is 26.1. The van der Waals surface area contributed by atoms with Crippen molar-refractivity contribution < 1.29 is 37.7 Å². The Morgan fingerprint density at radius 1 is 1.08 bits per heavy atom. The molecular weight excluding hydrogens is 598 g/mol. The van der Waals surface area contributed by atoms with Gasteiger partial charge in [0.2, 0.25) is 6.79 Å². The number of urea groups is 1. The molecule has 188 valence electrons. The van der Waals surface area contributed by atoms with E-state index >= 15 is 0 Å². The molecule has 0 atom stereocenters. The monoisotopic (exact) mass is 616 g/mol. The van der Waals surface area contributed by atoms with E-state index < -0.39 is 17.8 Å². The number of carbonyl (C=O) groups excluding carboxylic acids is 3. The molecule has 9 nitrogen and oxygen atoms in total. The smallest absolute Gasteiger partial charge is 0.335 e. The molecule has 2 aliphatic rings. The number of nitrogens with zero attached hydrogens (tertiary/aromatic N) is 1. The highest BCUT2D eigenvalue weighted by Gasteiger charge is 2.37. The molecule has 4 amide bonds. The molecule has 3 aromatic rings. The predicted molar refractivity (Wildman–Crippen MR) is 138 cm³/mol. The summed E-state index contributed by atoms with van der Waals surface area (Å²) in [6, 6.07) is 13.1. The van der Waals surface area contributed by atoms with E-state index in [1.54, 1.807) is 30.3 Å². The molecule has 0 spiro atoms. The molecule has 5 rings (SSSR count). The molecular formula is C26H18FIN2O7. The summed E-state index contributed by atoms with van der Waals surface area (Å²) < 4.78 is 36.1. The van der Waals surface area contributed by atoms with Gasteiger partial charge in [0, 0.05) is 6.07 Å². The Hall–Kier alpha value is -4.13. The maximum atomic E-state index is 13.5. The normalized spacial score (nSPS) is 15.7. The lowest BCUT2D eigenvalue weighted by Crippen LogP contribution is -2.54. The molecule has 11 heteroatoms. The van der Waals surface area contributed by atoms with Gasteiger partial charge in [-0.3, -0.25) is 14.9 Å². The summed E-state index contributed by atoms with van der Waals surface area (Å²) in [6.45, 7) is 0.142. The van der Waals surface area contributed by atoms with E-state index in [2.05, 4.69) is 5.32 Å². The number of imide groups is 2. The first kappa shape index (κ1) is 24.6. The molecule has 2 heterocycles. The van der Waals surface area contributed by atoms with Crippen molar-refractivity contribution >= 4 is 52.2 Å². The fourth-order valence-corrected chi connectivity index (χ4v) is 4.61. The Balaban J connectivity index is 1.43. The van der Waals surface area contributed by atoms with Crippen LogP contribution in [0.1, 0.15) is 11.1 Å². The number of anilines is 1. The molecule has 0 aliphatic carbocycles. The lowest BCUT2D eigenvalue weighted by atomic mass is 10.1. The van der Waals surface area contributed by atoms with E-state index in [4.69, 9.17) is 18.9 Å². The Kier molecular flexibility index (Phi) is 6.70. The lowest BCUT2D eigenvalue weighted by molar-refractivity contribution is -0.122. The van der Waals surface area contributed by atoms with Gasteiger partial charge < -0.3 is 18.9 Å². The van der Waals surface area contributed by atoms with Crippen LogP contribution in [-0.4, -0.2) is 31.7 Å². The van der Waals surface area contributed by atoms with Gasteiger partial charge in [-0.1, -0.05) is 12.1 Å². The molecule has 1 N–H and O–H groups in total. The average molecular weight is 616 g/mol. The highest BCUT2D eigenvalue weighted by Crippen LogP contribution is 2.37. The first-order valence-corrected chi connectivity index (χ1v) is 12.0. The van der Waals surface area contributed by atoms with Gasteiger partial charge >= 0.3 is 6.03 Å². The van der Waals surface area contributed by atoms with Crippen LogP contribution in [0.5, 0.6) is 23.0 Å². The minimum atomic E-state index is -0.876. The fourth-order valence-electron chi connectivity index (χ4n) is 3.83. The molecule has 2 aliphatic heterocycles. The number of benzene rings is 3. The van der Waals surface area contributed by atoms with E-state index in [9.17, 15) is 18.8 Å². The van der Waals surface area contributed by atoms with E-state index in [-0.39, 0.29) is 30.5 Å². The van der Waals surface area contributed by atoms with Crippen molar-refractivity contribution in [3.63, 3.8) is 0 Å². The average Bonchev–Trinajstić information content (AvgIpc) is 3.33. The Morgan fingerprint density at radius 3 is 2.68 bits per heavy atom. The van der Waals surface area contributed by atoms with Crippen LogP contribution < -0.4 is 29.2 Å². The molecule has 0 saturated carbocycles. The number of ether oxygens (including phenoxy) is 4. The van der Waals surface area contributed by atoms with Crippen molar-refractivity contribution in [1.29, 1.82) is 0 Å². The second kappa shape index (κ2) is 10.1.